The van der Waals surface area contributed by atoms with E-state index in [1.165, 1.54) is 16.8 Å². The molecule has 96 valence electrons. The first-order chi connectivity index (χ1) is 8.65. The van der Waals surface area contributed by atoms with Gasteiger partial charge < -0.3 is 4.74 Å². The third kappa shape index (κ3) is 2.29. The van der Waals surface area contributed by atoms with Gasteiger partial charge in [-0.1, -0.05) is 12.0 Å². The van der Waals surface area contributed by atoms with Gasteiger partial charge in [-0.15, -0.1) is 0 Å². The summed E-state index contributed by atoms with van der Waals surface area (Å²) in [5, 5.41) is 3.67. The summed E-state index contributed by atoms with van der Waals surface area (Å²) < 4.78 is 6.96. The summed E-state index contributed by atoms with van der Waals surface area (Å²) in [5.41, 5.74) is 7.50. The summed E-state index contributed by atoms with van der Waals surface area (Å²) in [7, 11) is 0. The first kappa shape index (κ1) is 12.4. The molecule has 18 heavy (non-hydrogen) atoms. The zero-order chi connectivity index (χ0) is 13.1. The first-order valence-corrected chi connectivity index (χ1v) is 5.67. The van der Waals surface area contributed by atoms with Gasteiger partial charge in [-0.05, 0) is 12.0 Å². The quantitative estimate of drug-likeness (QED) is 0.489. The van der Waals surface area contributed by atoms with Crippen LogP contribution in [0.4, 0.5) is 0 Å². The summed E-state index contributed by atoms with van der Waals surface area (Å²) >= 11 is 0. The van der Waals surface area contributed by atoms with E-state index in [2.05, 4.69) is 15.0 Å². The largest absolute Gasteiger partial charge is 0.354 e. The summed E-state index contributed by atoms with van der Waals surface area (Å²) in [6.07, 6.45) is 1.80. The third-order valence-electron chi connectivity index (χ3n) is 2.97. The number of hydrogen-bond donors (Lipinski definition) is 1. The number of azide groups is 1. The molecular weight excluding hydrogens is 238 g/mol. The van der Waals surface area contributed by atoms with Gasteiger partial charge in [0.15, 0.2) is 0 Å². The highest BCUT2D eigenvalue weighted by Gasteiger charge is 2.34. The SMILES string of the molecule is CCC1OC(n2ccc(=O)[nH]c2=O)CC1N=[N+]=[N-]. The molecule has 0 aromatic carbocycles. The molecule has 0 saturated carbocycles. The molecule has 1 saturated heterocycles. The molecule has 1 aromatic heterocycles. The minimum Gasteiger partial charge on any atom is -0.354 e. The zero-order valence-electron chi connectivity index (χ0n) is 9.81. The lowest BCUT2D eigenvalue weighted by atomic mass is 10.1. The molecule has 0 bridgehead atoms. The number of aromatic amines is 1. The van der Waals surface area contributed by atoms with Gasteiger partial charge in [0.05, 0.1) is 12.1 Å². The molecule has 0 radical (unpaired) electrons. The average molecular weight is 251 g/mol. The van der Waals surface area contributed by atoms with Gasteiger partial charge in [-0.25, -0.2) is 4.79 Å². The molecule has 1 aliphatic heterocycles. The smallest absolute Gasteiger partial charge is 0.330 e. The Hall–Kier alpha value is -2.05. The van der Waals surface area contributed by atoms with Crippen LogP contribution in [0.25, 0.3) is 10.4 Å². The highest BCUT2D eigenvalue weighted by Crippen LogP contribution is 2.31. The molecule has 0 aliphatic carbocycles. The van der Waals surface area contributed by atoms with Crippen molar-refractivity contribution in [2.24, 2.45) is 5.11 Å². The van der Waals surface area contributed by atoms with E-state index in [1.54, 1.807) is 0 Å². The number of nitrogens with zero attached hydrogens (tertiary/aromatic N) is 4. The maximum Gasteiger partial charge on any atom is 0.330 e. The fourth-order valence-corrected chi connectivity index (χ4v) is 2.10. The normalized spacial score (nSPS) is 26.8. The maximum atomic E-state index is 11.6. The van der Waals surface area contributed by atoms with Gasteiger partial charge in [0.2, 0.25) is 0 Å². The van der Waals surface area contributed by atoms with E-state index in [0.29, 0.717) is 12.8 Å². The van der Waals surface area contributed by atoms with E-state index < -0.39 is 17.5 Å². The second-order valence-electron chi connectivity index (χ2n) is 4.06. The molecule has 1 aromatic rings. The fraction of sp³-hybridized carbons (Fsp3) is 0.600. The molecule has 0 spiro atoms. The fourth-order valence-electron chi connectivity index (χ4n) is 2.10. The predicted octanol–water partition coefficient (Wildman–Crippen LogP) is 0.913. The second-order valence-corrected chi connectivity index (χ2v) is 4.06. The molecule has 8 nitrogen and oxygen atoms in total. The van der Waals surface area contributed by atoms with Gasteiger partial charge in [0.25, 0.3) is 5.56 Å². The van der Waals surface area contributed by atoms with Crippen LogP contribution in [0.15, 0.2) is 27.0 Å². The Morgan fingerprint density at radius 2 is 2.44 bits per heavy atom. The highest BCUT2D eigenvalue weighted by molar-refractivity contribution is 4.90. The number of rotatable bonds is 3. The molecule has 1 aliphatic rings. The summed E-state index contributed by atoms with van der Waals surface area (Å²) in [6.45, 7) is 1.92. The number of nitrogens with one attached hydrogen (secondary N) is 1. The number of aromatic nitrogens is 2. The Morgan fingerprint density at radius 3 is 3.06 bits per heavy atom. The van der Waals surface area contributed by atoms with Gasteiger partial charge in [-0.2, -0.15) is 0 Å². The lowest BCUT2D eigenvalue weighted by molar-refractivity contribution is -0.00406. The zero-order valence-corrected chi connectivity index (χ0v) is 9.81. The minimum atomic E-state index is -0.524. The summed E-state index contributed by atoms with van der Waals surface area (Å²) in [6, 6.07) is 0.968. The summed E-state index contributed by atoms with van der Waals surface area (Å²) in [4.78, 5) is 27.5. The number of ether oxygens (including phenoxy) is 1. The molecular formula is C10H13N5O3. The minimum absolute atomic E-state index is 0.204. The van der Waals surface area contributed by atoms with Crippen LogP contribution in [-0.2, 0) is 4.74 Å². The molecule has 1 fully saturated rings. The molecule has 8 heteroatoms. The number of hydrogen-bond acceptors (Lipinski definition) is 4. The van der Waals surface area contributed by atoms with Crippen LogP contribution in [0.3, 0.4) is 0 Å². The monoisotopic (exact) mass is 251 g/mol. The van der Waals surface area contributed by atoms with Gasteiger partial charge >= 0.3 is 5.69 Å². The van der Waals surface area contributed by atoms with E-state index in [9.17, 15) is 9.59 Å². The van der Waals surface area contributed by atoms with Crippen molar-refractivity contribution in [1.82, 2.24) is 9.55 Å². The Labute approximate surface area is 102 Å². The van der Waals surface area contributed by atoms with Gasteiger partial charge in [-0.3, -0.25) is 14.3 Å². The van der Waals surface area contributed by atoms with E-state index in [1.807, 2.05) is 6.92 Å². The van der Waals surface area contributed by atoms with Crippen LogP contribution in [0.1, 0.15) is 26.0 Å². The van der Waals surface area contributed by atoms with Crippen molar-refractivity contribution in [2.75, 3.05) is 0 Å². The number of H-pyrrole nitrogens is 1. The third-order valence-corrected chi connectivity index (χ3v) is 2.97. The van der Waals surface area contributed by atoms with Crippen LogP contribution in [-0.4, -0.2) is 21.7 Å². The van der Waals surface area contributed by atoms with Crippen LogP contribution in [0, 0.1) is 0 Å². The lowest BCUT2D eigenvalue weighted by Gasteiger charge is -2.14. The predicted molar refractivity (Wildman–Crippen MR) is 63.1 cm³/mol. The standard InChI is InChI=1S/C10H13N5O3/c1-2-7-6(13-14-11)5-9(18-7)15-4-3-8(16)12-10(15)17/h3-4,6-7,9H,2,5H2,1H3,(H,12,16,17). The van der Waals surface area contributed by atoms with E-state index in [-0.39, 0.29) is 12.1 Å². The highest BCUT2D eigenvalue weighted by atomic mass is 16.5. The van der Waals surface area contributed by atoms with Crippen molar-refractivity contribution in [3.05, 3.63) is 43.5 Å². The van der Waals surface area contributed by atoms with Crippen molar-refractivity contribution in [3.63, 3.8) is 0 Å². The van der Waals surface area contributed by atoms with E-state index >= 15 is 0 Å². The Kier molecular flexibility index (Phi) is 3.50. The molecule has 3 atom stereocenters. The van der Waals surface area contributed by atoms with Gasteiger partial charge in [0.1, 0.15) is 6.23 Å². The topological polar surface area (TPSA) is 113 Å². The van der Waals surface area contributed by atoms with Crippen molar-refractivity contribution in [1.29, 1.82) is 0 Å². The van der Waals surface area contributed by atoms with E-state index in [4.69, 9.17) is 10.3 Å². The van der Waals surface area contributed by atoms with Crippen LogP contribution in [0.5, 0.6) is 0 Å². The molecule has 2 heterocycles. The summed E-state index contributed by atoms with van der Waals surface area (Å²) in [5.74, 6) is 0. The van der Waals surface area contributed by atoms with Gasteiger partial charge in [0, 0.05) is 23.6 Å². The van der Waals surface area contributed by atoms with Crippen molar-refractivity contribution in [3.8, 4) is 0 Å². The Balaban J connectivity index is 2.28. The maximum absolute atomic E-state index is 11.6. The van der Waals surface area contributed by atoms with Crippen LogP contribution < -0.4 is 11.2 Å². The molecule has 0 amide bonds. The first-order valence-electron chi connectivity index (χ1n) is 5.67. The van der Waals surface area contributed by atoms with Crippen LogP contribution in [0.2, 0.25) is 0 Å². The lowest BCUT2D eigenvalue weighted by Crippen LogP contribution is -2.31. The molecule has 3 unspecified atom stereocenters. The van der Waals surface area contributed by atoms with Crippen molar-refractivity contribution >= 4 is 0 Å². The molecule has 1 N–H and O–H groups in total. The van der Waals surface area contributed by atoms with Crippen LogP contribution >= 0.6 is 0 Å². The van der Waals surface area contributed by atoms with Crippen molar-refractivity contribution < 1.29 is 4.74 Å². The molecule has 2 rings (SSSR count). The Morgan fingerprint density at radius 1 is 1.67 bits per heavy atom. The van der Waals surface area contributed by atoms with Crippen molar-refractivity contribution in [2.45, 2.75) is 38.1 Å². The average Bonchev–Trinajstić information content (AvgIpc) is 2.72. The Bertz CT molecular complexity index is 586. The van der Waals surface area contributed by atoms with E-state index in [0.717, 1.165) is 0 Å². The second kappa shape index (κ2) is 5.07.